The van der Waals surface area contributed by atoms with E-state index in [1.54, 1.807) is 0 Å². The molecule has 5 nitrogen and oxygen atoms in total. The normalized spacial score (nSPS) is 21.0. The predicted molar refractivity (Wildman–Crippen MR) is 127 cm³/mol. The Morgan fingerprint density at radius 3 is 2.97 bits per heavy atom. The number of aryl methyl sites for hydroxylation is 1. The molecule has 0 bridgehead atoms. The lowest BCUT2D eigenvalue weighted by atomic mass is 9.92. The average Bonchev–Trinajstić information content (AvgIpc) is 3.41. The summed E-state index contributed by atoms with van der Waals surface area (Å²) in [5, 5.41) is 12.9. The second-order valence-corrected chi connectivity index (χ2v) is 9.76. The smallest absolute Gasteiger partial charge is 0.128 e. The molecule has 1 aliphatic heterocycles. The highest BCUT2D eigenvalue weighted by molar-refractivity contribution is 7.18. The third kappa shape index (κ3) is 4.20. The molecule has 2 N–H and O–H groups in total. The number of aromatic nitrogens is 2. The first-order valence-electron chi connectivity index (χ1n) is 11.1. The van der Waals surface area contributed by atoms with Crippen molar-refractivity contribution in [3.63, 3.8) is 0 Å². The number of nitrogens with zero attached hydrogens (tertiary/aromatic N) is 2. The van der Waals surface area contributed by atoms with Crippen LogP contribution in [0.5, 0.6) is 5.75 Å². The molecule has 162 valence electrons. The van der Waals surface area contributed by atoms with Gasteiger partial charge in [-0.1, -0.05) is 18.2 Å². The van der Waals surface area contributed by atoms with Gasteiger partial charge in [0, 0.05) is 35.6 Å². The quantitative estimate of drug-likeness (QED) is 0.443. The molecule has 2 aromatic heterocycles. The molecule has 0 aliphatic carbocycles. The maximum absolute atomic E-state index is 10.6. The number of para-hydroxylation sites is 1. The Hall–Kier alpha value is -2.41. The minimum absolute atomic E-state index is 0.300. The summed E-state index contributed by atoms with van der Waals surface area (Å²) in [6.07, 6.45) is 3.56. The molecule has 2 aromatic carbocycles. The van der Waals surface area contributed by atoms with Crippen molar-refractivity contribution in [1.29, 1.82) is 0 Å². The van der Waals surface area contributed by atoms with Crippen LogP contribution in [0.1, 0.15) is 36.3 Å². The average molecular weight is 436 g/mol. The molecule has 1 fully saturated rings. The molecule has 3 heterocycles. The Bertz CT molecular complexity index is 1180. The second kappa shape index (κ2) is 8.61. The summed E-state index contributed by atoms with van der Waals surface area (Å²) in [6.45, 7) is 6.31. The molecule has 0 spiro atoms. The van der Waals surface area contributed by atoms with Gasteiger partial charge in [-0.3, -0.25) is 4.90 Å². The summed E-state index contributed by atoms with van der Waals surface area (Å²) in [6, 6.07) is 14.8. The molecule has 1 saturated heterocycles. The molecule has 0 saturated carbocycles. The molecule has 3 atom stereocenters. The molecule has 0 unspecified atom stereocenters. The summed E-state index contributed by atoms with van der Waals surface area (Å²) in [5.74, 6) is 1.32. The minimum Gasteiger partial charge on any atom is -0.490 e. The largest absolute Gasteiger partial charge is 0.490 e. The molecule has 5 rings (SSSR count). The van der Waals surface area contributed by atoms with Gasteiger partial charge in [0.05, 0.1) is 15.2 Å². The number of thiazole rings is 1. The van der Waals surface area contributed by atoms with Crippen LogP contribution in [0.15, 0.2) is 48.7 Å². The first-order valence-corrected chi connectivity index (χ1v) is 11.9. The molecule has 1 aliphatic rings. The zero-order chi connectivity index (χ0) is 21.4. The standard InChI is InChI=1S/C25H29N3O2S/c1-16-5-3-8-23-24(16)27-25(31-23)18-10-12-28(17(2)13-18)14-19(29)15-30-22-7-4-6-21-20(22)9-11-26-21/h3-9,11,17-19,26,29H,10,12-15H2,1-2H3/t17-,18-,19+/m1/s1. The first-order chi connectivity index (χ1) is 15.1. The number of benzene rings is 2. The van der Waals surface area contributed by atoms with Crippen molar-refractivity contribution >= 4 is 32.5 Å². The van der Waals surface area contributed by atoms with Crippen LogP contribution in [0, 0.1) is 6.92 Å². The van der Waals surface area contributed by atoms with Crippen molar-refractivity contribution in [3.05, 3.63) is 59.2 Å². The lowest BCUT2D eigenvalue weighted by Crippen LogP contribution is -2.45. The number of aliphatic hydroxyl groups excluding tert-OH is 1. The van der Waals surface area contributed by atoms with Gasteiger partial charge < -0.3 is 14.8 Å². The Balaban J connectivity index is 1.18. The lowest BCUT2D eigenvalue weighted by Gasteiger charge is -2.38. The Labute approximate surface area is 186 Å². The van der Waals surface area contributed by atoms with Gasteiger partial charge in [-0.2, -0.15) is 0 Å². The number of aromatic amines is 1. The van der Waals surface area contributed by atoms with E-state index in [-0.39, 0.29) is 0 Å². The number of β-amino-alcohol motifs (C(OH)–C–C–N with tert-alkyl or cyclic N) is 1. The van der Waals surface area contributed by atoms with Crippen LogP contribution in [0.3, 0.4) is 0 Å². The van der Waals surface area contributed by atoms with Crippen molar-refractivity contribution in [1.82, 2.24) is 14.9 Å². The van der Waals surface area contributed by atoms with E-state index < -0.39 is 6.10 Å². The maximum atomic E-state index is 10.6. The predicted octanol–water partition coefficient (Wildman–Crippen LogP) is 5.09. The van der Waals surface area contributed by atoms with Gasteiger partial charge in [-0.05, 0) is 63.1 Å². The van der Waals surface area contributed by atoms with Crippen molar-refractivity contribution < 1.29 is 9.84 Å². The van der Waals surface area contributed by atoms with Crippen LogP contribution in [0.2, 0.25) is 0 Å². The van der Waals surface area contributed by atoms with Crippen LogP contribution < -0.4 is 4.74 Å². The van der Waals surface area contributed by atoms with Gasteiger partial charge in [0.25, 0.3) is 0 Å². The van der Waals surface area contributed by atoms with Crippen molar-refractivity contribution in [2.24, 2.45) is 0 Å². The zero-order valence-corrected chi connectivity index (χ0v) is 18.9. The van der Waals surface area contributed by atoms with E-state index in [2.05, 4.69) is 41.9 Å². The van der Waals surface area contributed by atoms with E-state index in [4.69, 9.17) is 9.72 Å². The van der Waals surface area contributed by atoms with Crippen LogP contribution in [-0.2, 0) is 0 Å². The van der Waals surface area contributed by atoms with Crippen LogP contribution in [0.4, 0.5) is 0 Å². The van der Waals surface area contributed by atoms with Crippen molar-refractivity contribution in [3.8, 4) is 5.75 Å². The summed E-state index contributed by atoms with van der Waals surface area (Å²) in [4.78, 5) is 10.5. The van der Waals surface area contributed by atoms with Gasteiger partial charge in [-0.25, -0.2) is 4.98 Å². The fourth-order valence-electron chi connectivity index (χ4n) is 4.69. The molecule has 6 heteroatoms. The van der Waals surface area contributed by atoms with E-state index in [1.165, 1.54) is 15.3 Å². The lowest BCUT2D eigenvalue weighted by molar-refractivity contribution is 0.0406. The fraction of sp³-hybridized carbons (Fsp3) is 0.400. The monoisotopic (exact) mass is 435 g/mol. The van der Waals surface area contributed by atoms with Gasteiger partial charge >= 0.3 is 0 Å². The molecule has 31 heavy (non-hydrogen) atoms. The van der Waals surface area contributed by atoms with E-state index >= 15 is 0 Å². The van der Waals surface area contributed by atoms with Crippen LogP contribution in [0.25, 0.3) is 21.1 Å². The summed E-state index contributed by atoms with van der Waals surface area (Å²) >= 11 is 1.84. The Morgan fingerprint density at radius 1 is 1.26 bits per heavy atom. The minimum atomic E-state index is -0.515. The number of piperidine rings is 1. The van der Waals surface area contributed by atoms with Crippen LogP contribution >= 0.6 is 11.3 Å². The van der Waals surface area contributed by atoms with E-state index in [1.807, 2.05) is 41.8 Å². The van der Waals surface area contributed by atoms with E-state index in [0.717, 1.165) is 41.6 Å². The number of hydrogen-bond acceptors (Lipinski definition) is 5. The SMILES string of the molecule is Cc1cccc2sc([C@@H]3CCN(C[C@H](O)COc4cccc5[nH]ccc45)[C@H](C)C3)nc12. The van der Waals surface area contributed by atoms with Gasteiger partial charge in [-0.15, -0.1) is 11.3 Å². The third-order valence-corrected chi connectivity index (χ3v) is 7.61. The fourth-order valence-corrected chi connectivity index (χ4v) is 5.88. The number of fused-ring (bicyclic) bond motifs is 2. The highest BCUT2D eigenvalue weighted by Crippen LogP contribution is 2.36. The number of nitrogens with one attached hydrogen (secondary N) is 1. The van der Waals surface area contributed by atoms with Crippen LogP contribution in [-0.4, -0.2) is 51.8 Å². The molecule has 4 aromatic rings. The maximum Gasteiger partial charge on any atom is 0.128 e. The summed E-state index contributed by atoms with van der Waals surface area (Å²) < 4.78 is 7.23. The Morgan fingerprint density at radius 2 is 2.13 bits per heavy atom. The van der Waals surface area contributed by atoms with Gasteiger partial charge in [0.1, 0.15) is 18.5 Å². The van der Waals surface area contributed by atoms with Crippen molar-refractivity contribution in [2.45, 2.75) is 44.8 Å². The summed E-state index contributed by atoms with van der Waals surface area (Å²) in [7, 11) is 0. The van der Waals surface area contributed by atoms with Gasteiger partial charge in [0.15, 0.2) is 0 Å². The van der Waals surface area contributed by atoms with E-state index in [0.29, 0.717) is 25.1 Å². The number of hydrogen-bond donors (Lipinski definition) is 2. The second-order valence-electron chi connectivity index (χ2n) is 8.70. The third-order valence-electron chi connectivity index (χ3n) is 6.43. The number of likely N-dealkylation sites (tertiary alicyclic amines) is 1. The molecular weight excluding hydrogens is 406 g/mol. The highest BCUT2D eigenvalue weighted by Gasteiger charge is 2.29. The van der Waals surface area contributed by atoms with Crippen molar-refractivity contribution in [2.75, 3.05) is 19.7 Å². The number of H-pyrrole nitrogens is 1. The molecule has 0 amide bonds. The Kier molecular flexibility index (Phi) is 5.69. The zero-order valence-electron chi connectivity index (χ0n) is 18.0. The summed E-state index contributed by atoms with van der Waals surface area (Å²) in [5.41, 5.74) is 3.46. The van der Waals surface area contributed by atoms with E-state index in [9.17, 15) is 5.11 Å². The van der Waals surface area contributed by atoms with Gasteiger partial charge in [0.2, 0.25) is 0 Å². The molecule has 0 radical (unpaired) electrons. The first kappa shape index (κ1) is 20.5. The highest BCUT2D eigenvalue weighted by atomic mass is 32.1. The number of rotatable bonds is 6. The molecular formula is C25H29N3O2S. The number of aliphatic hydroxyl groups is 1. The topological polar surface area (TPSA) is 61.4 Å². The number of ether oxygens (including phenoxy) is 1.